The standard InChI is InChI=1S/C13H19N5O3/c1-10-12(13(19)21-9-8-20-3)15-16-18(10)7-6-17-5-4-14-11(17)2/h4-5H,6-9H2,1-3H3. The van der Waals surface area contributed by atoms with Gasteiger partial charge < -0.3 is 14.0 Å². The Morgan fingerprint density at radius 2 is 2.10 bits per heavy atom. The van der Waals surface area contributed by atoms with Crippen LogP contribution in [0.15, 0.2) is 12.4 Å². The summed E-state index contributed by atoms with van der Waals surface area (Å²) in [6.07, 6.45) is 3.66. The largest absolute Gasteiger partial charge is 0.458 e. The average Bonchev–Trinajstić information content (AvgIpc) is 3.03. The van der Waals surface area contributed by atoms with E-state index < -0.39 is 5.97 Å². The van der Waals surface area contributed by atoms with Gasteiger partial charge in [0.1, 0.15) is 12.4 Å². The van der Waals surface area contributed by atoms with Crippen molar-refractivity contribution in [3.63, 3.8) is 0 Å². The van der Waals surface area contributed by atoms with Crippen molar-refractivity contribution in [2.45, 2.75) is 26.9 Å². The van der Waals surface area contributed by atoms with Gasteiger partial charge in [-0.3, -0.25) is 0 Å². The van der Waals surface area contributed by atoms with Crippen LogP contribution in [-0.4, -0.2) is 50.8 Å². The molecule has 0 N–H and O–H groups in total. The predicted octanol–water partition coefficient (Wildman–Crippen LogP) is 0.595. The molecule has 2 aromatic heterocycles. The van der Waals surface area contributed by atoms with Gasteiger partial charge in [-0.15, -0.1) is 5.10 Å². The van der Waals surface area contributed by atoms with E-state index in [1.165, 1.54) is 0 Å². The van der Waals surface area contributed by atoms with Gasteiger partial charge in [0.15, 0.2) is 5.69 Å². The average molecular weight is 293 g/mol. The molecular formula is C13H19N5O3. The Morgan fingerprint density at radius 3 is 2.76 bits per heavy atom. The summed E-state index contributed by atoms with van der Waals surface area (Å²) in [4.78, 5) is 16.0. The molecule has 2 aromatic rings. The monoisotopic (exact) mass is 293 g/mol. The number of ether oxygens (including phenoxy) is 2. The molecule has 0 saturated heterocycles. The van der Waals surface area contributed by atoms with Crippen LogP contribution in [0, 0.1) is 13.8 Å². The number of carbonyl (C=O) groups excluding carboxylic acids is 1. The molecule has 8 heteroatoms. The number of methoxy groups -OCH3 is 1. The van der Waals surface area contributed by atoms with E-state index in [4.69, 9.17) is 9.47 Å². The molecule has 0 unspecified atom stereocenters. The first-order chi connectivity index (χ1) is 10.1. The lowest BCUT2D eigenvalue weighted by Crippen LogP contribution is -2.13. The van der Waals surface area contributed by atoms with Crippen molar-refractivity contribution in [3.8, 4) is 0 Å². The fourth-order valence-corrected chi connectivity index (χ4v) is 1.89. The summed E-state index contributed by atoms with van der Waals surface area (Å²) in [6.45, 7) is 5.63. The SMILES string of the molecule is COCCOC(=O)c1nnn(CCn2ccnc2C)c1C. The molecular weight excluding hydrogens is 274 g/mol. The number of aryl methyl sites for hydroxylation is 3. The third-order valence-electron chi connectivity index (χ3n) is 3.17. The van der Waals surface area contributed by atoms with Gasteiger partial charge in [-0.1, -0.05) is 5.21 Å². The summed E-state index contributed by atoms with van der Waals surface area (Å²) in [5.41, 5.74) is 0.934. The van der Waals surface area contributed by atoms with Crippen LogP contribution in [-0.2, 0) is 22.6 Å². The maximum atomic E-state index is 11.8. The minimum absolute atomic E-state index is 0.204. The zero-order chi connectivity index (χ0) is 15.2. The zero-order valence-electron chi connectivity index (χ0n) is 12.4. The Kier molecular flexibility index (Phi) is 5.04. The van der Waals surface area contributed by atoms with Crippen LogP contribution in [0.5, 0.6) is 0 Å². The maximum absolute atomic E-state index is 11.8. The second-order valence-corrected chi connectivity index (χ2v) is 4.54. The summed E-state index contributed by atoms with van der Waals surface area (Å²) < 4.78 is 13.6. The van der Waals surface area contributed by atoms with E-state index in [9.17, 15) is 4.79 Å². The molecule has 0 aliphatic heterocycles. The molecule has 2 heterocycles. The Morgan fingerprint density at radius 1 is 1.29 bits per heavy atom. The van der Waals surface area contributed by atoms with Gasteiger partial charge in [0.2, 0.25) is 0 Å². The van der Waals surface area contributed by atoms with Crippen LogP contribution < -0.4 is 0 Å². The van der Waals surface area contributed by atoms with E-state index in [-0.39, 0.29) is 12.3 Å². The molecule has 8 nitrogen and oxygen atoms in total. The topological polar surface area (TPSA) is 84.1 Å². The number of carbonyl (C=O) groups is 1. The molecule has 0 aliphatic rings. The van der Waals surface area contributed by atoms with Gasteiger partial charge in [-0.25, -0.2) is 14.5 Å². The van der Waals surface area contributed by atoms with Gasteiger partial charge in [0.25, 0.3) is 0 Å². The first-order valence-electron chi connectivity index (χ1n) is 6.67. The van der Waals surface area contributed by atoms with E-state index in [1.807, 2.05) is 17.7 Å². The third-order valence-corrected chi connectivity index (χ3v) is 3.17. The van der Waals surface area contributed by atoms with Crippen LogP contribution in [0.25, 0.3) is 0 Å². The van der Waals surface area contributed by atoms with Crippen molar-refractivity contribution < 1.29 is 14.3 Å². The molecule has 0 aliphatic carbocycles. The molecule has 0 aromatic carbocycles. The lowest BCUT2D eigenvalue weighted by atomic mass is 10.3. The Balaban J connectivity index is 1.96. The van der Waals surface area contributed by atoms with Crippen molar-refractivity contribution in [3.05, 3.63) is 29.6 Å². The van der Waals surface area contributed by atoms with Crippen molar-refractivity contribution in [2.24, 2.45) is 0 Å². The van der Waals surface area contributed by atoms with Crippen molar-refractivity contribution in [2.75, 3.05) is 20.3 Å². The fraction of sp³-hybridized carbons (Fsp3) is 0.538. The van der Waals surface area contributed by atoms with Crippen LogP contribution in [0.1, 0.15) is 22.0 Å². The molecule has 0 spiro atoms. The summed E-state index contributed by atoms with van der Waals surface area (Å²) in [7, 11) is 1.55. The van der Waals surface area contributed by atoms with Crippen LogP contribution in [0.4, 0.5) is 0 Å². The number of esters is 1. The summed E-state index contributed by atoms with van der Waals surface area (Å²) in [5, 5.41) is 7.88. The predicted molar refractivity (Wildman–Crippen MR) is 73.9 cm³/mol. The Labute approximate surface area is 122 Å². The van der Waals surface area contributed by atoms with Gasteiger partial charge in [-0.05, 0) is 13.8 Å². The first-order valence-corrected chi connectivity index (χ1v) is 6.67. The van der Waals surface area contributed by atoms with Crippen LogP contribution >= 0.6 is 0 Å². The highest BCUT2D eigenvalue weighted by molar-refractivity contribution is 5.88. The molecule has 0 amide bonds. The quantitative estimate of drug-likeness (QED) is 0.549. The summed E-state index contributed by atoms with van der Waals surface area (Å²) in [5.74, 6) is 0.460. The molecule has 0 radical (unpaired) electrons. The maximum Gasteiger partial charge on any atom is 0.360 e. The number of imidazole rings is 1. The minimum Gasteiger partial charge on any atom is -0.458 e. The van der Waals surface area contributed by atoms with E-state index >= 15 is 0 Å². The molecule has 0 saturated carbocycles. The Bertz CT molecular complexity index is 605. The lowest BCUT2D eigenvalue weighted by molar-refractivity contribution is 0.0380. The van der Waals surface area contributed by atoms with Gasteiger partial charge in [0, 0.05) is 26.0 Å². The van der Waals surface area contributed by atoms with E-state index in [0.29, 0.717) is 25.4 Å². The van der Waals surface area contributed by atoms with E-state index in [1.54, 1.807) is 24.9 Å². The van der Waals surface area contributed by atoms with Crippen molar-refractivity contribution in [1.82, 2.24) is 24.5 Å². The molecule has 0 atom stereocenters. The fourth-order valence-electron chi connectivity index (χ4n) is 1.89. The molecule has 2 rings (SSSR count). The first kappa shape index (κ1) is 15.2. The number of rotatable bonds is 7. The van der Waals surface area contributed by atoms with Gasteiger partial charge >= 0.3 is 5.97 Å². The van der Waals surface area contributed by atoms with Crippen molar-refractivity contribution >= 4 is 5.97 Å². The summed E-state index contributed by atoms with van der Waals surface area (Å²) in [6, 6.07) is 0. The second-order valence-electron chi connectivity index (χ2n) is 4.54. The zero-order valence-corrected chi connectivity index (χ0v) is 12.4. The van der Waals surface area contributed by atoms with Gasteiger partial charge in [-0.2, -0.15) is 0 Å². The third kappa shape index (κ3) is 3.66. The number of hydrogen-bond donors (Lipinski definition) is 0. The van der Waals surface area contributed by atoms with Crippen LogP contribution in [0.2, 0.25) is 0 Å². The summed E-state index contributed by atoms with van der Waals surface area (Å²) >= 11 is 0. The van der Waals surface area contributed by atoms with E-state index in [2.05, 4.69) is 15.3 Å². The highest BCUT2D eigenvalue weighted by Crippen LogP contribution is 2.06. The second kappa shape index (κ2) is 6.98. The smallest absolute Gasteiger partial charge is 0.360 e. The number of aromatic nitrogens is 5. The van der Waals surface area contributed by atoms with E-state index in [0.717, 1.165) is 5.82 Å². The highest BCUT2D eigenvalue weighted by atomic mass is 16.6. The van der Waals surface area contributed by atoms with Crippen LogP contribution in [0.3, 0.4) is 0 Å². The lowest BCUT2D eigenvalue weighted by Gasteiger charge is -2.06. The van der Waals surface area contributed by atoms with Gasteiger partial charge in [0.05, 0.1) is 18.8 Å². The molecule has 114 valence electrons. The minimum atomic E-state index is -0.477. The highest BCUT2D eigenvalue weighted by Gasteiger charge is 2.17. The normalized spacial score (nSPS) is 10.8. The molecule has 0 bridgehead atoms. The van der Waals surface area contributed by atoms with Crippen molar-refractivity contribution in [1.29, 1.82) is 0 Å². The molecule has 0 fully saturated rings. The molecule has 21 heavy (non-hydrogen) atoms. The number of nitrogens with zero attached hydrogens (tertiary/aromatic N) is 5. The number of hydrogen-bond acceptors (Lipinski definition) is 6. The Hall–Kier alpha value is -2.22.